The number of rotatable bonds is 7. The summed E-state index contributed by atoms with van der Waals surface area (Å²) < 4.78 is 28.8. The third kappa shape index (κ3) is 4.87. The Kier molecular flexibility index (Phi) is 6.03. The van der Waals surface area contributed by atoms with Crippen molar-refractivity contribution in [3.8, 4) is 0 Å². The summed E-state index contributed by atoms with van der Waals surface area (Å²) in [5.41, 5.74) is 2.29. The second kappa shape index (κ2) is 8.53. The Balaban J connectivity index is 1.40. The molecule has 0 saturated carbocycles. The molecular weight excluding hydrogens is 430 g/mol. The summed E-state index contributed by atoms with van der Waals surface area (Å²) in [7, 11) is -1.86. The van der Waals surface area contributed by atoms with Gasteiger partial charge < -0.3 is 9.88 Å². The largest absolute Gasteiger partial charge is 0.339 e. The first-order valence-electron chi connectivity index (χ1n) is 9.34. The third-order valence-corrected chi connectivity index (χ3v) is 7.57. The van der Waals surface area contributed by atoms with E-state index in [1.54, 1.807) is 23.0 Å². The maximum atomic E-state index is 12.3. The Morgan fingerprint density at radius 1 is 1.34 bits per heavy atom. The number of nitrogens with one attached hydrogen (secondary N) is 2. The van der Waals surface area contributed by atoms with Gasteiger partial charge in [-0.15, -0.1) is 11.3 Å². The van der Waals surface area contributed by atoms with Crippen LogP contribution in [0.2, 0.25) is 5.02 Å². The van der Waals surface area contributed by atoms with Crippen LogP contribution < -0.4 is 10.0 Å². The van der Waals surface area contributed by atoms with Crippen molar-refractivity contribution in [2.75, 3.05) is 13.1 Å². The molecule has 0 radical (unpaired) electrons. The topological polar surface area (TPSA) is 88.9 Å². The number of benzene rings is 1. The summed E-state index contributed by atoms with van der Waals surface area (Å²) in [6, 6.07) is 8.05. The molecule has 2 aromatic heterocycles. The van der Waals surface area contributed by atoms with E-state index in [4.69, 9.17) is 16.6 Å². The average Bonchev–Trinajstić information content (AvgIpc) is 3.30. The SMILES string of the molecule is Cn1cnc(S(=O)(=O)NCCc2nc3c(s2)CCNC3Cc2ccc(Cl)cc2)c1. The molecule has 0 amide bonds. The maximum absolute atomic E-state index is 12.3. The zero-order valence-corrected chi connectivity index (χ0v) is 18.3. The molecule has 4 rings (SSSR count). The van der Waals surface area contributed by atoms with E-state index in [0.717, 1.165) is 35.1 Å². The number of thiazole rings is 1. The number of aryl methyl sites for hydroxylation is 1. The van der Waals surface area contributed by atoms with Crippen molar-refractivity contribution in [2.24, 2.45) is 7.05 Å². The molecule has 0 fully saturated rings. The lowest BCUT2D eigenvalue weighted by atomic mass is 9.99. The summed E-state index contributed by atoms with van der Waals surface area (Å²) in [6.45, 7) is 1.21. The molecule has 3 heterocycles. The van der Waals surface area contributed by atoms with Gasteiger partial charge in [-0.2, -0.15) is 0 Å². The number of hydrogen-bond acceptors (Lipinski definition) is 6. The Morgan fingerprint density at radius 2 is 2.14 bits per heavy atom. The number of sulfonamides is 1. The van der Waals surface area contributed by atoms with Crippen molar-refractivity contribution in [3.63, 3.8) is 0 Å². The Bertz CT molecular complexity index is 1090. The van der Waals surface area contributed by atoms with Crippen LogP contribution in [-0.2, 0) is 36.3 Å². The molecule has 3 aromatic rings. The van der Waals surface area contributed by atoms with Crippen LogP contribution in [0.25, 0.3) is 0 Å². The predicted molar refractivity (Wildman–Crippen MR) is 114 cm³/mol. The minimum Gasteiger partial charge on any atom is -0.339 e. The van der Waals surface area contributed by atoms with Crippen molar-refractivity contribution in [2.45, 2.75) is 30.3 Å². The van der Waals surface area contributed by atoms with Crippen LogP contribution in [0.4, 0.5) is 0 Å². The Labute approximate surface area is 179 Å². The zero-order chi connectivity index (χ0) is 20.4. The molecule has 0 saturated heterocycles. The van der Waals surface area contributed by atoms with Crippen LogP contribution in [0, 0.1) is 0 Å². The maximum Gasteiger partial charge on any atom is 0.259 e. The van der Waals surface area contributed by atoms with Crippen LogP contribution in [0.1, 0.15) is 27.2 Å². The fraction of sp³-hybridized carbons (Fsp3) is 0.368. The molecule has 2 N–H and O–H groups in total. The summed E-state index contributed by atoms with van der Waals surface area (Å²) in [6.07, 6.45) is 5.30. The first-order valence-corrected chi connectivity index (χ1v) is 12.0. The van der Waals surface area contributed by atoms with E-state index in [2.05, 4.69) is 15.0 Å². The third-order valence-electron chi connectivity index (χ3n) is 4.79. The van der Waals surface area contributed by atoms with Crippen molar-refractivity contribution < 1.29 is 8.42 Å². The molecule has 0 bridgehead atoms. The van der Waals surface area contributed by atoms with E-state index >= 15 is 0 Å². The van der Waals surface area contributed by atoms with Crippen molar-refractivity contribution in [1.82, 2.24) is 24.6 Å². The van der Waals surface area contributed by atoms with Gasteiger partial charge in [-0.3, -0.25) is 0 Å². The van der Waals surface area contributed by atoms with Crippen molar-refractivity contribution in [1.29, 1.82) is 0 Å². The van der Waals surface area contributed by atoms with Gasteiger partial charge in [-0.1, -0.05) is 23.7 Å². The number of aromatic nitrogens is 3. The number of imidazole rings is 1. The van der Waals surface area contributed by atoms with Gasteiger partial charge in [0, 0.05) is 42.7 Å². The van der Waals surface area contributed by atoms with Crippen LogP contribution in [-0.4, -0.2) is 36.0 Å². The second-order valence-corrected chi connectivity index (χ2v) is 10.3. The van der Waals surface area contributed by atoms with Crippen LogP contribution in [0.3, 0.4) is 0 Å². The number of nitrogens with zero attached hydrogens (tertiary/aromatic N) is 3. The van der Waals surface area contributed by atoms with E-state index in [0.29, 0.717) is 13.0 Å². The highest BCUT2D eigenvalue weighted by atomic mass is 35.5. The van der Waals surface area contributed by atoms with E-state index in [1.165, 1.54) is 23.0 Å². The van der Waals surface area contributed by atoms with Gasteiger partial charge in [-0.25, -0.2) is 23.1 Å². The fourth-order valence-corrected chi connectivity index (χ4v) is 5.61. The van der Waals surface area contributed by atoms with Crippen LogP contribution >= 0.6 is 22.9 Å². The minimum absolute atomic E-state index is 0.0330. The van der Waals surface area contributed by atoms with E-state index < -0.39 is 10.0 Å². The number of fused-ring (bicyclic) bond motifs is 1. The lowest BCUT2D eigenvalue weighted by Crippen LogP contribution is -2.30. The highest BCUT2D eigenvalue weighted by molar-refractivity contribution is 7.89. The molecule has 1 unspecified atom stereocenters. The highest BCUT2D eigenvalue weighted by Gasteiger charge is 2.25. The normalized spacial score (nSPS) is 16.7. The average molecular weight is 452 g/mol. The van der Waals surface area contributed by atoms with E-state index in [9.17, 15) is 8.42 Å². The molecule has 10 heteroatoms. The first kappa shape index (κ1) is 20.5. The lowest BCUT2D eigenvalue weighted by molar-refractivity contribution is 0.495. The Morgan fingerprint density at radius 3 is 2.86 bits per heavy atom. The predicted octanol–water partition coefficient (Wildman–Crippen LogP) is 2.48. The number of halogens is 1. The van der Waals surface area contributed by atoms with Crippen molar-refractivity contribution in [3.05, 3.63) is 63.0 Å². The van der Waals surface area contributed by atoms with Gasteiger partial charge in [0.2, 0.25) is 0 Å². The van der Waals surface area contributed by atoms with Crippen LogP contribution in [0.5, 0.6) is 0 Å². The molecule has 0 spiro atoms. The smallest absolute Gasteiger partial charge is 0.259 e. The van der Waals surface area contributed by atoms with E-state index in [1.807, 2.05) is 24.3 Å². The number of hydrogen-bond donors (Lipinski definition) is 2. The molecular formula is C19H22ClN5O2S2. The second-order valence-electron chi connectivity index (χ2n) is 7.03. The zero-order valence-electron chi connectivity index (χ0n) is 15.9. The molecule has 154 valence electrons. The summed E-state index contributed by atoms with van der Waals surface area (Å²) in [5, 5.41) is 5.26. The molecule has 1 atom stereocenters. The molecule has 1 aromatic carbocycles. The molecule has 1 aliphatic heterocycles. The first-order chi connectivity index (χ1) is 13.9. The van der Waals surface area contributed by atoms with Gasteiger partial charge in [0.05, 0.1) is 23.1 Å². The highest BCUT2D eigenvalue weighted by Crippen LogP contribution is 2.30. The fourth-order valence-electron chi connectivity index (χ4n) is 3.35. The summed E-state index contributed by atoms with van der Waals surface area (Å²) in [5.74, 6) is 0. The summed E-state index contributed by atoms with van der Waals surface area (Å²) >= 11 is 7.66. The monoisotopic (exact) mass is 451 g/mol. The van der Waals surface area contributed by atoms with Gasteiger partial charge >= 0.3 is 0 Å². The van der Waals surface area contributed by atoms with Gasteiger partial charge in [-0.05, 0) is 30.5 Å². The standard InChI is InChI=1S/C19H22ClN5O2S2/c1-25-11-18(22-12-25)29(26,27)23-9-7-17-24-19-15(21-8-6-16(19)28-17)10-13-2-4-14(20)5-3-13/h2-5,11-12,15,21,23H,6-10H2,1H3. The van der Waals surface area contributed by atoms with Crippen molar-refractivity contribution >= 4 is 33.0 Å². The lowest BCUT2D eigenvalue weighted by Gasteiger charge is -2.23. The summed E-state index contributed by atoms with van der Waals surface area (Å²) in [4.78, 5) is 10.0. The van der Waals surface area contributed by atoms with Gasteiger partial charge in [0.1, 0.15) is 0 Å². The molecule has 1 aliphatic rings. The quantitative estimate of drug-likeness (QED) is 0.576. The molecule has 0 aliphatic carbocycles. The van der Waals surface area contributed by atoms with Gasteiger partial charge in [0.15, 0.2) is 5.03 Å². The molecule has 29 heavy (non-hydrogen) atoms. The van der Waals surface area contributed by atoms with Crippen LogP contribution in [0.15, 0.2) is 41.8 Å². The molecule has 7 nitrogen and oxygen atoms in total. The van der Waals surface area contributed by atoms with E-state index in [-0.39, 0.29) is 11.1 Å². The minimum atomic E-state index is -3.59. The Hall–Kier alpha value is -1.78. The van der Waals surface area contributed by atoms with Gasteiger partial charge in [0.25, 0.3) is 10.0 Å².